The maximum Gasteiger partial charge on any atom is 0.234 e. The van der Waals surface area contributed by atoms with Crippen molar-refractivity contribution in [1.29, 1.82) is 5.26 Å². The number of amides is 3. The number of thioether (sulfide) groups is 1. The molecule has 2 aromatic carbocycles. The van der Waals surface area contributed by atoms with Crippen molar-refractivity contribution in [1.82, 2.24) is 5.32 Å². The summed E-state index contributed by atoms with van der Waals surface area (Å²) in [5.74, 6) is -2.13. The maximum atomic E-state index is 14.2. The highest BCUT2D eigenvalue weighted by Gasteiger charge is 2.31. The molecule has 0 aromatic heterocycles. The van der Waals surface area contributed by atoms with Gasteiger partial charge in [-0.25, -0.2) is 4.39 Å². The number of hydrogen-bond acceptors (Lipinski definition) is 5. The van der Waals surface area contributed by atoms with Crippen LogP contribution in [0.25, 0.3) is 0 Å². The molecule has 1 aliphatic heterocycles. The molecule has 3 N–H and O–H groups in total. The van der Waals surface area contributed by atoms with Crippen LogP contribution >= 0.6 is 11.8 Å². The number of rotatable bonds is 6. The van der Waals surface area contributed by atoms with E-state index in [9.17, 15) is 24.0 Å². The van der Waals surface area contributed by atoms with Gasteiger partial charge in [-0.05, 0) is 35.9 Å². The van der Waals surface area contributed by atoms with E-state index < -0.39 is 11.7 Å². The van der Waals surface area contributed by atoms with Gasteiger partial charge in [0.15, 0.2) is 0 Å². The molecule has 0 saturated heterocycles. The molecule has 0 bridgehead atoms. The zero-order valence-electron chi connectivity index (χ0n) is 16.6. The molecule has 7 nitrogen and oxygen atoms in total. The van der Waals surface area contributed by atoms with Crippen LogP contribution in [0.5, 0.6) is 0 Å². The summed E-state index contributed by atoms with van der Waals surface area (Å²) in [5.41, 5.74) is 1.64. The van der Waals surface area contributed by atoms with Gasteiger partial charge in [-0.2, -0.15) is 5.26 Å². The fraction of sp³-hybridized carbons (Fsp3) is 0.182. The molecule has 1 heterocycles. The highest BCUT2D eigenvalue weighted by molar-refractivity contribution is 8.03. The number of hydrogen-bond donors (Lipinski definition) is 3. The molecule has 0 unspecified atom stereocenters. The maximum absolute atomic E-state index is 14.2. The predicted molar refractivity (Wildman–Crippen MR) is 116 cm³/mol. The summed E-state index contributed by atoms with van der Waals surface area (Å²) in [6, 6.07) is 14.7. The van der Waals surface area contributed by atoms with Crippen molar-refractivity contribution in [2.45, 2.75) is 19.3 Å². The topological polar surface area (TPSA) is 111 Å². The third kappa shape index (κ3) is 5.71. The van der Waals surface area contributed by atoms with E-state index in [4.69, 9.17) is 0 Å². The molecule has 2 aromatic rings. The zero-order valence-corrected chi connectivity index (χ0v) is 17.4. The van der Waals surface area contributed by atoms with Crippen LogP contribution in [0.4, 0.5) is 15.8 Å². The minimum absolute atomic E-state index is 0.0409. The van der Waals surface area contributed by atoms with E-state index in [0.717, 1.165) is 11.8 Å². The van der Waals surface area contributed by atoms with E-state index in [0.29, 0.717) is 11.4 Å². The van der Waals surface area contributed by atoms with Crippen molar-refractivity contribution in [3.63, 3.8) is 0 Å². The van der Waals surface area contributed by atoms with Gasteiger partial charge in [-0.15, -0.1) is 0 Å². The molecule has 3 rings (SSSR count). The lowest BCUT2D eigenvalue weighted by Gasteiger charge is -2.25. The molecule has 3 amide bonds. The average molecular weight is 438 g/mol. The third-order valence-corrected chi connectivity index (χ3v) is 5.49. The van der Waals surface area contributed by atoms with Crippen molar-refractivity contribution < 1.29 is 18.8 Å². The molecule has 0 saturated carbocycles. The number of nitrogens with one attached hydrogen (secondary N) is 3. The van der Waals surface area contributed by atoms with Crippen LogP contribution in [-0.2, 0) is 14.4 Å². The van der Waals surface area contributed by atoms with Crippen molar-refractivity contribution >= 4 is 40.9 Å². The number of allylic oxidation sites excluding steroid dienone is 1. The minimum Gasteiger partial charge on any atom is -0.326 e. The Balaban J connectivity index is 1.69. The summed E-state index contributed by atoms with van der Waals surface area (Å²) >= 11 is 1.01. The summed E-state index contributed by atoms with van der Waals surface area (Å²) in [5, 5.41) is 17.8. The third-order valence-electron chi connectivity index (χ3n) is 4.47. The van der Waals surface area contributed by atoms with Crippen molar-refractivity contribution in [3.8, 4) is 6.07 Å². The van der Waals surface area contributed by atoms with Crippen molar-refractivity contribution in [2.75, 3.05) is 16.4 Å². The standard InChI is InChI=1S/C22H19FN4O3S/c1-13(28)25-14-6-8-15(9-7-14)26-21(30)12-31-22-18(11-24)17(10-20(29)27-22)16-4-2-3-5-19(16)23/h2-9,17H,10,12H2,1H3,(H,25,28)(H,26,30)(H,27,29)/t17-/m1/s1. The summed E-state index contributed by atoms with van der Waals surface area (Å²) in [4.78, 5) is 35.5. The van der Waals surface area contributed by atoms with Crippen LogP contribution < -0.4 is 16.0 Å². The highest BCUT2D eigenvalue weighted by atomic mass is 32.2. The zero-order chi connectivity index (χ0) is 22.4. The van der Waals surface area contributed by atoms with Gasteiger partial charge in [0.05, 0.1) is 22.4 Å². The normalized spacial score (nSPS) is 15.6. The van der Waals surface area contributed by atoms with E-state index in [2.05, 4.69) is 22.0 Å². The van der Waals surface area contributed by atoms with E-state index >= 15 is 0 Å². The molecular weight excluding hydrogens is 419 g/mol. The summed E-state index contributed by atoms with van der Waals surface area (Å²) in [7, 11) is 0. The number of nitriles is 1. The average Bonchev–Trinajstić information content (AvgIpc) is 2.73. The minimum atomic E-state index is -0.702. The lowest BCUT2D eigenvalue weighted by molar-refractivity contribution is -0.121. The first kappa shape index (κ1) is 22.1. The van der Waals surface area contributed by atoms with Crippen LogP contribution in [0.1, 0.15) is 24.8 Å². The fourth-order valence-corrected chi connectivity index (χ4v) is 4.01. The van der Waals surface area contributed by atoms with Gasteiger partial charge in [-0.1, -0.05) is 30.0 Å². The van der Waals surface area contributed by atoms with Gasteiger partial charge < -0.3 is 16.0 Å². The molecule has 9 heteroatoms. The van der Waals surface area contributed by atoms with Crippen molar-refractivity contribution in [2.24, 2.45) is 0 Å². The Kier molecular flexibility index (Phi) is 7.05. The molecular formula is C22H19FN4O3S. The SMILES string of the molecule is CC(=O)Nc1ccc(NC(=O)CSC2=C(C#N)[C@@H](c3ccccc3F)CC(=O)N2)cc1. The van der Waals surface area contributed by atoms with Crippen LogP contribution in [0, 0.1) is 17.1 Å². The van der Waals surface area contributed by atoms with Crippen molar-refractivity contribution in [3.05, 3.63) is 70.5 Å². The van der Waals surface area contributed by atoms with Gasteiger partial charge in [0.25, 0.3) is 0 Å². The van der Waals surface area contributed by atoms with E-state index in [1.165, 1.54) is 13.0 Å². The quantitative estimate of drug-likeness (QED) is 0.639. The molecule has 0 fully saturated rings. The first-order valence-corrected chi connectivity index (χ1v) is 10.3. The fourth-order valence-electron chi connectivity index (χ4n) is 3.13. The Morgan fingerprint density at radius 2 is 1.81 bits per heavy atom. The first-order chi connectivity index (χ1) is 14.9. The first-order valence-electron chi connectivity index (χ1n) is 9.36. The van der Waals surface area contributed by atoms with Crippen LogP contribution in [0.15, 0.2) is 59.1 Å². The molecule has 31 heavy (non-hydrogen) atoms. The summed E-state index contributed by atoms with van der Waals surface area (Å²) in [6.45, 7) is 1.40. The van der Waals surface area contributed by atoms with Crippen LogP contribution in [0.2, 0.25) is 0 Å². The second-order valence-electron chi connectivity index (χ2n) is 6.78. The molecule has 0 spiro atoms. The number of carbonyl (C=O) groups excluding carboxylic acids is 3. The molecule has 158 valence electrons. The summed E-state index contributed by atoms with van der Waals surface area (Å²) in [6.07, 6.45) is -0.0409. The smallest absolute Gasteiger partial charge is 0.234 e. The second kappa shape index (κ2) is 9.91. The second-order valence-corrected chi connectivity index (χ2v) is 7.76. The monoisotopic (exact) mass is 438 g/mol. The molecule has 1 aliphatic rings. The highest BCUT2D eigenvalue weighted by Crippen LogP contribution is 2.36. The van der Waals surface area contributed by atoms with E-state index in [-0.39, 0.29) is 46.1 Å². The Morgan fingerprint density at radius 1 is 1.16 bits per heavy atom. The van der Waals surface area contributed by atoms with Gasteiger partial charge in [0, 0.05) is 30.6 Å². The van der Waals surface area contributed by atoms with Gasteiger partial charge >= 0.3 is 0 Å². The lowest BCUT2D eigenvalue weighted by Crippen LogP contribution is -2.31. The Morgan fingerprint density at radius 3 is 2.42 bits per heavy atom. The van der Waals surface area contributed by atoms with Crippen LogP contribution in [0.3, 0.4) is 0 Å². The van der Waals surface area contributed by atoms with Gasteiger partial charge in [-0.3, -0.25) is 14.4 Å². The largest absolute Gasteiger partial charge is 0.326 e. The molecule has 1 atom stereocenters. The predicted octanol–water partition coefficient (Wildman–Crippen LogP) is 3.49. The van der Waals surface area contributed by atoms with E-state index in [1.54, 1.807) is 42.5 Å². The van der Waals surface area contributed by atoms with E-state index in [1.807, 2.05) is 0 Å². The number of halogens is 1. The number of carbonyl (C=O) groups is 3. The number of anilines is 2. The lowest BCUT2D eigenvalue weighted by atomic mass is 9.87. The Labute approximate surface area is 182 Å². The Bertz CT molecular complexity index is 1090. The summed E-state index contributed by atoms with van der Waals surface area (Å²) < 4.78 is 14.2. The molecule has 0 radical (unpaired) electrons. The van der Waals surface area contributed by atoms with Gasteiger partial charge in [0.1, 0.15) is 5.82 Å². The number of benzene rings is 2. The Hall–Kier alpha value is -3.64. The molecule has 0 aliphatic carbocycles. The van der Waals surface area contributed by atoms with Gasteiger partial charge in [0.2, 0.25) is 17.7 Å². The number of nitrogens with zero attached hydrogens (tertiary/aromatic N) is 1. The van der Waals surface area contributed by atoms with Crippen LogP contribution in [-0.4, -0.2) is 23.5 Å².